The molecule has 3 rings (SSSR count). The molecular weight excluding hydrogens is 411 g/mol. The Balaban J connectivity index is 1.68. The molecule has 1 aliphatic heterocycles. The first-order valence-corrected chi connectivity index (χ1v) is 9.92. The molecule has 156 valence electrons. The minimum Gasteiger partial charge on any atom is -0.366 e. The normalized spacial score (nSPS) is 15.0. The van der Waals surface area contributed by atoms with Crippen molar-refractivity contribution in [1.82, 2.24) is 4.90 Å². The molecule has 9 heteroatoms. The molecule has 2 aromatic rings. The first-order chi connectivity index (χ1) is 13.6. The highest BCUT2D eigenvalue weighted by Gasteiger charge is 2.28. The van der Waals surface area contributed by atoms with Gasteiger partial charge < -0.3 is 9.80 Å². The van der Waals surface area contributed by atoms with Crippen LogP contribution in [-0.2, 0) is 0 Å². The van der Waals surface area contributed by atoms with Crippen LogP contribution in [0.5, 0.6) is 0 Å². The topological polar surface area (TPSA) is 23.6 Å². The minimum atomic E-state index is -4.31. The van der Waals surface area contributed by atoms with Gasteiger partial charge in [0.25, 0.3) is 5.91 Å². The van der Waals surface area contributed by atoms with E-state index >= 15 is 0 Å². The molecule has 0 aromatic heterocycles. The summed E-state index contributed by atoms with van der Waals surface area (Å²) in [5, 5.41) is 0. The molecule has 0 N–H and O–H groups in total. The third kappa shape index (κ3) is 5.41. The fourth-order valence-corrected chi connectivity index (χ4v) is 3.93. The van der Waals surface area contributed by atoms with E-state index in [-0.39, 0.29) is 11.6 Å². The number of rotatable bonds is 4. The molecule has 1 fully saturated rings. The van der Waals surface area contributed by atoms with Crippen LogP contribution in [-0.4, -0.2) is 48.9 Å². The molecule has 29 heavy (non-hydrogen) atoms. The summed E-state index contributed by atoms with van der Waals surface area (Å²) in [7, 11) is 0. The van der Waals surface area contributed by atoms with Crippen molar-refractivity contribution in [3.05, 3.63) is 59.2 Å². The van der Waals surface area contributed by atoms with E-state index in [0.29, 0.717) is 54.0 Å². The van der Waals surface area contributed by atoms with E-state index < -0.39 is 23.6 Å². The van der Waals surface area contributed by atoms with Crippen LogP contribution in [0.25, 0.3) is 0 Å². The van der Waals surface area contributed by atoms with Crippen molar-refractivity contribution in [2.45, 2.75) is 18.0 Å². The molecule has 2 aromatic carbocycles. The highest BCUT2D eigenvalue weighted by atomic mass is 32.2. The summed E-state index contributed by atoms with van der Waals surface area (Å²) in [6.45, 7) is 2.92. The predicted octanol–water partition coefficient (Wildman–Crippen LogP) is 4.89. The highest BCUT2D eigenvalue weighted by Crippen LogP contribution is 2.34. The molecule has 1 heterocycles. The van der Waals surface area contributed by atoms with Gasteiger partial charge in [-0.2, -0.15) is 13.2 Å². The first kappa shape index (κ1) is 21.4. The maximum absolute atomic E-state index is 14.5. The summed E-state index contributed by atoms with van der Waals surface area (Å²) in [6, 6.07) is 7.93. The number of nitrogens with zero attached hydrogens (tertiary/aromatic N) is 2. The van der Waals surface area contributed by atoms with Gasteiger partial charge >= 0.3 is 6.18 Å². The standard InChI is InChI=1S/C20H19F5N2OS/c1-13-10-16(22)17(11-18(13)29-12-20(23,24)25)26-6-8-27(9-7-26)19(28)14-2-4-15(21)5-3-14/h2-5,10-11H,6-9,12H2,1H3. The fraction of sp³-hybridized carbons (Fsp3) is 0.350. The van der Waals surface area contributed by atoms with Crippen LogP contribution in [0.15, 0.2) is 41.3 Å². The van der Waals surface area contributed by atoms with Crippen LogP contribution < -0.4 is 4.90 Å². The number of anilines is 1. The van der Waals surface area contributed by atoms with Gasteiger partial charge in [0.15, 0.2) is 0 Å². The third-order valence-electron chi connectivity index (χ3n) is 4.63. The molecule has 0 aliphatic carbocycles. The molecule has 3 nitrogen and oxygen atoms in total. The lowest BCUT2D eigenvalue weighted by Crippen LogP contribution is -2.49. The van der Waals surface area contributed by atoms with Gasteiger partial charge in [0, 0.05) is 36.6 Å². The average molecular weight is 430 g/mol. The van der Waals surface area contributed by atoms with E-state index in [1.54, 1.807) is 16.7 Å². The average Bonchev–Trinajstić information content (AvgIpc) is 2.67. The van der Waals surface area contributed by atoms with Crippen LogP contribution >= 0.6 is 11.8 Å². The van der Waals surface area contributed by atoms with E-state index in [0.717, 1.165) is 0 Å². The van der Waals surface area contributed by atoms with Crippen molar-refractivity contribution in [2.75, 3.05) is 36.8 Å². The Hall–Kier alpha value is -2.29. The lowest BCUT2D eigenvalue weighted by atomic mass is 10.1. The summed E-state index contributed by atoms with van der Waals surface area (Å²) < 4.78 is 65.1. The number of halogens is 5. The Morgan fingerprint density at radius 1 is 1.03 bits per heavy atom. The summed E-state index contributed by atoms with van der Waals surface area (Å²) in [6.07, 6.45) is -4.31. The van der Waals surface area contributed by atoms with Crippen LogP contribution in [0.4, 0.5) is 27.6 Å². The summed E-state index contributed by atoms with van der Waals surface area (Å²) >= 11 is 0.631. The molecule has 0 radical (unpaired) electrons. The van der Waals surface area contributed by atoms with E-state index in [1.807, 2.05) is 0 Å². The molecule has 0 spiro atoms. The van der Waals surface area contributed by atoms with Crippen LogP contribution in [0, 0.1) is 18.6 Å². The van der Waals surface area contributed by atoms with E-state index in [1.165, 1.54) is 36.4 Å². The molecule has 0 bridgehead atoms. The largest absolute Gasteiger partial charge is 0.398 e. The van der Waals surface area contributed by atoms with Gasteiger partial charge in [-0.1, -0.05) is 0 Å². The van der Waals surface area contributed by atoms with E-state index in [4.69, 9.17) is 0 Å². The second-order valence-corrected chi connectivity index (χ2v) is 7.78. The Morgan fingerprint density at radius 3 is 2.24 bits per heavy atom. The number of carbonyl (C=O) groups excluding carboxylic acids is 1. The zero-order valence-electron chi connectivity index (χ0n) is 15.6. The van der Waals surface area contributed by atoms with Crippen LogP contribution in [0.2, 0.25) is 0 Å². The van der Waals surface area contributed by atoms with Gasteiger partial charge in [-0.05, 0) is 48.9 Å². The Bertz CT molecular complexity index is 878. The number of hydrogen-bond donors (Lipinski definition) is 0. The number of carbonyl (C=O) groups is 1. The molecule has 1 saturated heterocycles. The number of alkyl halides is 3. The maximum atomic E-state index is 14.5. The molecule has 0 unspecified atom stereocenters. The molecule has 1 amide bonds. The third-order valence-corrected chi connectivity index (χ3v) is 5.86. The number of aryl methyl sites for hydroxylation is 1. The Kier molecular flexibility index (Phi) is 6.36. The van der Waals surface area contributed by atoms with Crippen LogP contribution in [0.1, 0.15) is 15.9 Å². The molecule has 1 aliphatic rings. The van der Waals surface area contributed by atoms with Gasteiger partial charge in [-0.3, -0.25) is 4.79 Å². The molecule has 0 atom stereocenters. The smallest absolute Gasteiger partial charge is 0.366 e. The van der Waals surface area contributed by atoms with Crippen molar-refractivity contribution >= 4 is 23.4 Å². The fourth-order valence-electron chi connectivity index (χ4n) is 3.13. The number of amides is 1. The predicted molar refractivity (Wildman–Crippen MR) is 102 cm³/mol. The van der Waals surface area contributed by atoms with E-state index in [2.05, 4.69) is 0 Å². The SMILES string of the molecule is Cc1cc(F)c(N2CCN(C(=O)c3ccc(F)cc3)CC2)cc1SCC(F)(F)F. The van der Waals surface area contributed by atoms with Crippen LogP contribution in [0.3, 0.4) is 0 Å². The highest BCUT2D eigenvalue weighted by molar-refractivity contribution is 7.99. The summed E-state index contributed by atoms with van der Waals surface area (Å²) in [4.78, 5) is 16.2. The summed E-state index contributed by atoms with van der Waals surface area (Å²) in [5.41, 5.74) is 1.05. The maximum Gasteiger partial charge on any atom is 0.398 e. The van der Waals surface area contributed by atoms with Gasteiger partial charge in [0.2, 0.25) is 0 Å². The van der Waals surface area contributed by atoms with Gasteiger partial charge in [0.1, 0.15) is 11.6 Å². The van der Waals surface area contributed by atoms with Gasteiger partial charge in [0.05, 0.1) is 11.4 Å². The quantitative estimate of drug-likeness (QED) is 0.510. The number of hydrogen-bond acceptors (Lipinski definition) is 3. The van der Waals surface area contributed by atoms with Gasteiger partial charge in [-0.15, -0.1) is 11.8 Å². The zero-order valence-corrected chi connectivity index (χ0v) is 16.4. The molecular formula is C20H19F5N2OS. The number of thioether (sulfide) groups is 1. The van der Waals surface area contributed by atoms with E-state index in [9.17, 15) is 26.7 Å². The Morgan fingerprint density at radius 2 is 1.66 bits per heavy atom. The van der Waals surface area contributed by atoms with Crippen molar-refractivity contribution in [3.8, 4) is 0 Å². The number of piperazine rings is 1. The lowest BCUT2D eigenvalue weighted by Gasteiger charge is -2.36. The lowest BCUT2D eigenvalue weighted by molar-refractivity contribution is -0.105. The second kappa shape index (κ2) is 8.61. The van der Waals surface area contributed by atoms with Crippen molar-refractivity contribution in [1.29, 1.82) is 0 Å². The summed E-state index contributed by atoms with van der Waals surface area (Å²) in [5.74, 6) is -2.22. The first-order valence-electron chi connectivity index (χ1n) is 8.93. The monoisotopic (exact) mass is 430 g/mol. The molecule has 0 saturated carbocycles. The second-order valence-electron chi connectivity index (χ2n) is 6.76. The van der Waals surface area contributed by atoms with Crippen molar-refractivity contribution in [2.24, 2.45) is 0 Å². The minimum absolute atomic E-state index is 0.231. The van der Waals surface area contributed by atoms with Crippen molar-refractivity contribution in [3.63, 3.8) is 0 Å². The number of benzene rings is 2. The van der Waals surface area contributed by atoms with Gasteiger partial charge in [-0.25, -0.2) is 8.78 Å². The van der Waals surface area contributed by atoms with Crippen molar-refractivity contribution < 1.29 is 26.7 Å². The zero-order chi connectivity index (χ0) is 21.2. The Labute approximate surface area is 169 Å².